The van der Waals surface area contributed by atoms with Gasteiger partial charge in [0, 0.05) is 10.7 Å². The van der Waals surface area contributed by atoms with Crippen LogP contribution < -0.4 is 5.32 Å². The fourth-order valence-electron chi connectivity index (χ4n) is 1.59. The summed E-state index contributed by atoms with van der Waals surface area (Å²) in [6, 6.07) is 5.88. The molecule has 2 nitrogen and oxygen atoms in total. The first-order valence-corrected chi connectivity index (χ1v) is 6.17. The third-order valence-electron chi connectivity index (χ3n) is 2.53. The van der Waals surface area contributed by atoms with Gasteiger partial charge < -0.3 is 5.32 Å². The molecule has 0 fully saturated rings. The Bertz CT molecular complexity index is 560. The molecule has 1 atom stereocenters. The van der Waals surface area contributed by atoms with Crippen LogP contribution in [-0.4, -0.2) is 4.98 Å². The largest absolute Gasteiger partial charge is 0.376 e. The number of rotatable bonds is 3. The molecule has 0 aliphatic carbocycles. The molecule has 1 aromatic heterocycles. The quantitative estimate of drug-likeness (QED) is 0.914. The SMILES string of the molecule is CC(Nc1ccc(Br)cc1F)c1cncc(F)c1. The lowest BCUT2D eigenvalue weighted by atomic mass is 10.1. The Morgan fingerprint density at radius 1 is 1.22 bits per heavy atom. The fraction of sp³-hybridized carbons (Fsp3) is 0.154. The van der Waals surface area contributed by atoms with Crippen LogP contribution in [0.3, 0.4) is 0 Å². The highest BCUT2D eigenvalue weighted by atomic mass is 79.9. The van der Waals surface area contributed by atoms with Crippen molar-refractivity contribution in [2.75, 3.05) is 5.32 Å². The molecule has 1 heterocycles. The minimum Gasteiger partial charge on any atom is -0.376 e. The van der Waals surface area contributed by atoms with E-state index in [-0.39, 0.29) is 11.9 Å². The molecule has 0 bridgehead atoms. The molecule has 0 radical (unpaired) electrons. The van der Waals surface area contributed by atoms with Crippen molar-refractivity contribution in [1.29, 1.82) is 0 Å². The first kappa shape index (κ1) is 13.0. The van der Waals surface area contributed by atoms with Crippen LogP contribution in [0.15, 0.2) is 41.1 Å². The van der Waals surface area contributed by atoms with Crippen molar-refractivity contribution in [2.24, 2.45) is 0 Å². The summed E-state index contributed by atoms with van der Waals surface area (Å²) in [4.78, 5) is 3.77. The molecule has 94 valence electrons. The van der Waals surface area contributed by atoms with Gasteiger partial charge in [-0.05, 0) is 36.8 Å². The predicted octanol–water partition coefficient (Wildman–Crippen LogP) is 4.30. The number of benzene rings is 1. The molecule has 0 aliphatic rings. The number of hydrogen-bond acceptors (Lipinski definition) is 2. The van der Waals surface area contributed by atoms with Gasteiger partial charge in [-0.15, -0.1) is 0 Å². The van der Waals surface area contributed by atoms with E-state index in [4.69, 9.17) is 0 Å². The number of nitrogens with zero attached hydrogens (tertiary/aromatic N) is 1. The molecule has 5 heteroatoms. The van der Waals surface area contributed by atoms with Crippen LogP contribution in [0.25, 0.3) is 0 Å². The van der Waals surface area contributed by atoms with Crippen molar-refractivity contribution in [2.45, 2.75) is 13.0 Å². The Labute approximate surface area is 112 Å². The average molecular weight is 313 g/mol. The maximum absolute atomic E-state index is 13.6. The van der Waals surface area contributed by atoms with Crippen molar-refractivity contribution in [3.05, 3.63) is 58.3 Å². The van der Waals surface area contributed by atoms with Crippen molar-refractivity contribution in [1.82, 2.24) is 4.98 Å². The van der Waals surface area contributed by atoms with Gasteiger partial charge in [-0.25, -0.2) is 8.78 Å². The van der Waals surface area contributed by atoms with E-state index in [0.29, 0.717) is 15.7 Å². The standard InChI is InChI=1S/C13H11BrF2N2/c1-8(9-4-11(15)7-17-6-9)18-13-3-2-10(14)5-12(13)16/h2-8,18H,1H3. The Balaban J connectivity index is 2.18. The van der Waals surface area contributed by atoms with Crippen molar-refractivity contribution in [3.63, 3.8) is 0 Å². The topological polar surface area (TPSA) is 24.9 Å². The summed E-state index contributed by atoms with van der Waals surface area (Å²) in [6.07, 6.45) is 2.69. The number of pyridine rings is 1. The molecule has 1 unspecified atom stereocenters. The first-order chi connectivity index (χ1) is 8.56. The minimum absolute atomic E-state index is 0.233. The Hall–Kier alpha value is -1.49. The predicted molar refractivity (Wildman–Crippen MR) is 70.3 cm³/mol. The molecule has 0 amide bonds. The zero-order chi connectivity index (χ0) is 13.1. The van der Waals surface area contributed by atoms with Gasteiger partial charge in [0.25, 0.3) is 0 Å². The number of anilines is 1. The summed E-state index contributed by atoms with van der Waals surface area (Å²) in [5.74, 6) is -0.766. The third-order valence-corrected chi connectivity index (χ3v) is 3.02. The van der Waals surface area contributed by atoms with E-state index in [1.165, 1.54) is 12.1 Å². The molecular weight excluding hydrogens is 302 g/mol. The molecule has 1 aromatic carbocycles. The van der Waals surface area contributed by atoms with E-state index < -0.39 is 5.82 Å². The lowest BCUT2D eigenvalue weighted by Gasteiger charge is -2.16. The summed E-state index contributed by atoms with van der Waals surface area (Å²) < 4.78 is 27.3. The summed E-state index contributed by atoms with van der Waals surface area (Å²) in [7, 11) is 0. The zero-order valence-corrected chi connectivity index (χ0v) is 11.2. The highest BCUT2D eigenvalue weighted by Crippen LogP contribution is 2.24. The van der Waals surface area contributed by atoms with Crippen LogP contribution in [0, 0.1) is 11.6 Å². The Morgan fingerprint density at radius 2 is 2.00 bits per heavy atom. The Kier molecular flexibility index (Phi) is 3.91. The van der Waals surface area contributed by atoms with Gasteiger partial charge >= 0.3 is 0 Å². The number of nitrogens with one attached hydrogen (secondary N) is 1. The van der Waals surface area contributed by atoms with Crippen molar-refractivity contribution < 1.29 is 8.78 Å². The minimum atomic E-state index is -0.405. The zero-order valence-electron chi connectivity index (χ0n) is 9.62. The van der Waals surface area contributed by atoms with Crippen LogP contribution in [0.2, 0.25) is 0 Å². The van der Waals surface area contributed by atoms with E-state index in [2.05, 4.69) is 26.2 Å². The second-order valence-corrected chi connectivity index (χ2v) is 4.84. The van der Waals surface area contributed by atoms with Crippen LogP contribution in [-0.2, 0) is 0 Å². The van der Waals surface area contributed by atoms with Gasteiger partial charge in [-0.2, -0.15) is 0 Å². The van der Waals surface area contributed by atoms with Gasteiger partial charge in [0.1, 0.15) is 11.6 Å². The lowest BCUT2D eigenvalue weighted by molar-refractivity contribution is 0.614. The molecule has 18 heavy (non-hydrogen) atoms. The molecule has 0 aliphatic heterocycles. The second kappa shape index (κ2) is 5.44. The van der Waals surface area contributed by atoms with Gasteiger partial charge in [-0.3, -0.25) is 4.98 Å². The highest BCUT2D eigenvalue weighted by Gasteiger charge is 2.09. The highest BCUT2D eigenvalue weighted by molar-refractivity contribution is 9.10. The molecule has 2 rings (SSSR count). The first-order valence-electron chi connectivity index (χ1n) is 5.38. The van der Waals surface area contributed by atoms with Gasteiger partial charge in [-0.1, -0.05) is 15.9 Å². The molecule has 0 saturated heterocycles. The smallest absolute Gasteiger partial charge is 0.147 e. The van der Waals surface area contributed by atoms with E-state index in [9.17, 15) is 8.78 Å². The molecule has 1 N–H and O–H groups in total. The molecular formula is C13H11BrF2N2. The van der Waals surface area contributed by atoms with E-state index in [0.717, 1.165) is 6.20 Å². The third kappa shape index (κ3) is 3.04. The van der Waals surface area contributed by atoms with E-state index in [1.54, 1.807) is 18.3 Å². The average Bonchev–Trinajstić information content (AvgIpc) is 2.32. The normalized spacial score (nSPS) is 12.2. The summed E-state index contributed by atoms with van der Waals surface area (Å²) in [5, 5.41) is 2.98. The van der Waals surface area contributed by atoms with Crippen molar-refractivity contribution >= 4 is 21.6 Å². The number of hydrogen-bond donors (Lipinski definition) is 1. The molecule has 0 spiro atoms. The Morgan fingerprint density at radius 3 is 2.67 bits per heavy atom. The second-order valence-electron chi connectivity index (χ2n) is 3.93. The molecule has 2 aromatic rings. The summed E-state index contributed by atoms with van der Waals surface area (Å²) in [5.41, 5.74) is 1.03. The maximum Gasteiger partial charge on any atom is 0.147 e. The number of aromatic nitrogens is 1. The van der Waals surface area contributed by atoms with Gasteiger partial charge in [0.05, 0.1) is 17.9 Å². The van der Waals surface area contributed by atoms with Gasteiger partial charge in [0.2, 0.25) is 0 Å². The maximum atomic E-state index is 13.6. The molecule has 0 saturated carbocycles. The van der Waals surface area contributed by atoms with Crippen LogP contribution in [0.1, 0.15) is 18.5 Å². The van der Waals surface area contributed by atoms with Crippen molar-refractivity contribution in [3.8, 4) is 0 Å². The van der Waals surface area contributed by atoms with Crippen LogP contribution in [0.5, 0.6) is 0 Å². The summed E-state index contributed by atoms with van der Waals surface area (Å²) in [6.45, 7) is 1.82. The lowest BCUT2D eigenvalue weighted by Crippen LogP contribution is -2.08. The fourth-order valence-corrected chi connectivity index (χ4v) is 1.92. The van der Waals surface area contributed by atoms with Gasteiger partial charge in [0.15, 0.2) is 0 Å². The monoisotopic (exact) mass is 312 g/mol. The van der Waals surface area contributed by atoms with Crippen LogP contribution >= 0.6 is 15.9 Å². The number of halogens is 3. The van der Waals surface area contributed by atoms with Crippen LogP contribution in [0.4, 0.5) is 14.5 Å². The van der Waals surface area contributed by atoms with E-state index >= 15 is 0 Å². The van der Waals surface area contributed by atoms with E-state index in [1.807, 2.05) is 6.92 Å². The summed E-state index contributed by atoms with van der Waals surface area (Å²) >= 11 is 3.19.